The third-order valence-corrected chi connectivity index (χ3v) is 4.68. The molecule has 0 bridgehead atoms. The van der Waals surface area contributed by atoms with Gasteiger partial charge < -0.3 is 5.32 Å². The van der Waals surface area contributed by atoms with Crippen LogP contribution in [0.1, 0.15) is 5.69 Å². The average molecular weight is 449 g/mol. The van der Waals surface area contributed by atoms with E-state index in [0.717, 1.165) is 4.47 Å². The second-order valence-electron chi connectivity index (χ2n) is 5.29. The Morgan fingerprint density at radius 1 is 1.30 bits per heavy atom. The molecule has 0 unspecified atom stereocenters. The number of carbonyl (C=O) groups excluding carboxylic acids is 1. The van der Waals surface area contributed by atoms with Crippen molar-refractivity contribution in [3.8, 4) is 6.07 Å². The number of nitrogens with zero attached hydrogens (tertiary/aromatic N) is 3. The number of fused-ring (bicyclic) bond motifs is 1. The molecule has 0 saturated carbocycles. The number of carbonyl (C=O) groups is 1. The van der Waals surface area contributed by atoms with Gasteiger partial charge in [-0.3, -0.25) is 9.20 Å². The number of pyridine rings is 1. The first kappa shape index (κ1) is 19.1. The maximum atomic E-state index is 12.4. The first-order chi connectivity index (χ1) is 13.0. The quantitative estimate of drug-likeness (QED) is 0.340. The molecule has 5 nitrogen and oxygen atoms in total. The van der Waals surface area contributed by atoms with Crippen molar-refractivity contribution in [2.24, 2.45) is 0 Å². The largest absolute Gasteiger partial charge is 0.321 e. The first-order valence-electron chi connectivity index (χ1n) is 7.57. The number of alkyl halides is 2. The Bertz CT molecular complexity index is 1060. The highest BCUT2D eigenvalue weighted by Gasteiger charge is 2.12. The van der Waals surface area contributed by atoms with Crippen LogP contribution in [0.2, 0.25) is 0 Å². The summed E-state index contributed by atoms with van der Waals surface area (Å²) < 4.78 is 27.2. The van der Waals surface area contributed by atoms with Gasteiger partial charge in [-0.15, -0.1) is 0 Å². The topological polar surface area (TPSA) is 70.2 Å². The van der Waals surface area contributed by atoms with Crippen LogP contribution in [0.4, 0.5) is 14.5 Å². The molecular formula is C18H11BrF2N4OS. The highest BCUT2D eigenvalue weighted by atomic mass is 79.9. The van der Waals surface area contributed by atoms with Crippen LogP contribution in [-0.4, -0.2) is 21.0 Å². The Labute approximate surface area is 165 Å². The van der Waals surface area contributed by atoms with E-state index >= 15 is 0 Å². The number of anilines is 1. The predicted molar refractivity (Wildman–Crippen MR) is 103 cm³/mol. The van der Waals surface area contributed by atoms with E-state index in [4.69, 9.17) is 0 Å². The van der Waals surface area contributed by atoms with Gasteiger partial charge in [-0.1, -0.05) is 11.8 Å². The number of nitrogens with one attached hydrogen (secondary N) is 1. The molecular weight excluding hydrogens is 438 g/mol. The van der Waals surface area contributed by atoms with E-state index in [1.165, 1.54) is 30.3 Å². The summed E-state index contributed by atoms with van der Waals surface area (Å²) in [5.41, 5.74) is 1.54. The molecule has 1 N–H and O–H groups in total. The molecule has 0 spiro atoms. The van der Waals surface area contributed by atoms with Crippen molar-refractivity contribution in [2.75, 3.05) is 5.32 Å². The summed E-state index contributed by atoms with van der Waals surface area (Å²) in [7, 11) is 0. The van der Waals surface area contributed by atoms with Crippen molar-refractivity contribution < 1.29 is 13.6 Å². The van der Waals surface area contributed by atoms with E-state index < -0.39 is 11.7 Å². The second-order valence-corrected chi connectivity index (χ2v) is 7.26. The molecule has 0 saturated heterocycles. The Hall–Kier alpha value is -2.70. The van der Waals surface area contributed by atoms with Gasteiger partial charge in [-0.05, 0) is 58.4 Å². The van der Waals surface area contributed by atoms with Crippen LogP contribution >= 0.6 is 27.7 Å². The zero-order valence-electron chi connectivity index (χ0n) is 13.6. The van der Waals surface area contributed by atoms with Crippen LogP contribution in [0.25, 0.3) is 11.7 Å². The molecule has 2 aromatic heterocycles. The molecule has 1 aromatic carbocycles. The lowest BCUT2D eigenvalue weighted by Crippen LogP contribution is -2.13. The minimum absolute atomic E-state index is 0.109. The number of amides is 1. The monoisotopic (exact) mass is 448 g/mol. The molecule has 3 aromatic rings. The van der Waals surface area contributed by atoms with E-state index in [1.54, 1.807) is 22.9 Å². The van der Waals surface area contributed by atoms with Crippen molar-refractivity contribution >= 4 is 51.0 Å². The van der Waals surface area contributed by atoms with Crippen molar-refractivity contribution in [1.82, 2.24) is 9.38 Å². The molecule has 0 aliphatic carbocycles. The van der Waals surface area contributed by atoms with Gasteiger partial charge in [0.05, 0.1) is 11.9 Å². The Morgan fingerprint density at radius 2 is 2.04 bits per heavy atom. The molecule has 0 atom stereocenters. The number of imidazole rings is 1. The third kappa shape index (κ3) is 4.72. The Balaban J connectivity index is 1.80. The van der Waals surface area contributed by atoms with Crippen molar-refractivity contribution in [2.45, 2.75) is 10.7 Å². The van der Waals surface area contributed by atoms with Crippen molar-refractivity contribution in [1.29, 1.82) is 5.26 Å². The van der Waals surface area contributed by atoms with Gasteiger partial charge >= 0.3 is 0 Å². The van der Waals surface area contributed by atoms with E-state index in [2.05, 4.69) is 26.2 Å². The zero-order valence-corrected chi connectivity index (χ0v) is 16.0. The molecule has 0 aliphatic heterocycles. The molecule has 3 rings (SSSR count). The van der Waals surface area contributed by atoms with Gasteiger partial charge in [0, 0.05) is 21.3 Å². The lowest BCUT2D eigenvalue weighted by atomic mass is 10.2. The number of aromatic nitrogens is 2. The van der Waals surface area contributed by atoms with Gasteiger partial charge in [-0.2, -0.15) is 14.0 Å². The molecule has 9 heteroatoms. The van der Waals surface area contributed by atoms with Gasteiger partial charge in [0.2, 0.25) is 0 Å². The summed E-state index contributed by atoms with van der Waals surface area (Å²) in [6.45, 7) is 0. The first-order valence-corrected chi connectivity index (χ1v) is 9.24. The maximum Gasteiger partial charge on any atom is 0.288 e. The standard InChI is InChI=1S/C18H11BrF2N4OS/c19-12-1-6-16-23-9-14(25(16)10-12)7-11(8-22)17(26)24-13-2-4-15(5-3-13)27-18(20)21/h1-7,9-10,18H,(H,24,26)/b11-7-. The summed E-state index contributed by atoms with van der Waals surface area (Å²) in [6.07, 6.45) is 4.77. The van der Waals surface area contributed by atoms with E-state index in [1.807, 2.05) is 12.1 Å². The fraction of sp³-hybridized carbons (Fsp3) is 0.0556. The summed E-state index contributed by atoms with van der Waals surface area (Å²) in [5.74, 6) is -3.11. The number of benzene rings is 1. The van der Waals surface area contributed by atoms with Gasteiger partial charge in [0.1, 0.15) is 17.3 Å². The molecule has 0 aliphatic rings. The minimum Gasteiger partial charge on any atom is -0.321 e. The lowest BCUT2D eigenvalue weighted by molar-refractivity contribution is -0.112. The lowest BCUT2D eigenvalue weighted by Gasteiger charge is -2.06. The van der Waals surface area contributed by atoms with Crippen LogP contribution in [0, 0.1) is 11.3 Å². The fourth-order valence-electron chi connectivity index (χ4n) is 2.29. The molecule has 0 fully saturated rings. The van der Waals surface area contributed by atoms with Crippen molar-refractivity contribution in [3.05, 3.63) is 64.5 Å². The van der Waals surface area contributed by atoms with E-state index in [-0.39, 0.29) is 5.57 Å². The maximum absolute atomic E-state index is 12.4. The minimum atomic E-state index is -2.51. The number of hydrogen-bond acceptors (Lipinski definition) is 4. The molecule has 2 heterocycles. The smallest absolute Gasteiger partial charge is 0.288 e. The molecule has 1 amide bonds. The van der Waals surface area contributed by atoms with Crippen LogP contribution < -0.4 is 5.32 Å². The SMILES string of the molecule is N#C/C(=C/c1cnc2ccc(Br)cn12)C(=O)Nc1ccc(SC(F)F)cc1. The van der Waals surface area contributed by atoms with Crippen LogP contribution in [-0.2, 0) is 4.79 Å². The van der Waals surface area contributed by atoms with Crippen LogP contribution in [0.15, 0.2) is 63.7 Å². The summed E-state index contributed by atoms with van der Waals surface area (Å²) in [6, 6.07) is 11.5. The number of nitriles is 1. The van der Waals surface area contributed by atoms with Crippen LogP contribution in [0.5, 0.6) is 0 Å². The Kier molecular flexibility index (Phi) is 5.88. The van der Waals surface area contributed by atoms with Crippen molar-refractivity contribution in [3.63, 3.8) is 0 Å². The third-order valence-electron chi connectivity index (χ3n) is 3.49. The van der Waals surface area contributed by atoms with Gasteiger partial charge in [0.25, 0.3) is 11.7 Å². The predicted octanol–water partition coefficient (Wildman–Crippen LogP) is 4.96. The van der Waals surface area contributed by atoms with E-state index in [0.29, 0.717) is 33.7 Å². The number of halogens is 3. The number of hydrogen-bond donors (Lipinski definition) is 1. The Morgan fingerprint density at radius 3 is 2.70 bits per heavy atom. The summed E-state index contributed by atoms with van der Waals surface area (Å²) in [5, 5.41) is 11.9. The molecule has 27 heavy (non-hydrogen) atoms. The van der Waals surface area contributed by atoms with Crippen LogP contribution in [0.3, 0.4) is 0 Å². The second kappa shape index (κ2) is 8.33. The summed E-state index contributed by atoms with van der Waals surface area (Å²) in [4.78, 5) is 17.0. The number of thioether (sulfide) groups is 1. The zero-order chi connectivity index (χ0) is 19.4. The normalized spacial score (nSPS) is 11.6. The summed E-state index contributed by atoms with van der Waals surface area (Å²) >= 11 is 3.78. The van der Waals surface area contributed by atoms with Gasteiger partial charge in [-0.25, -0.2) is 4.98 Å². The highest BCUT2D eigenvalue weighted by molar-refractivity contribution is 9.10. The van der Waals surface area contributed by atoms with E-state index in [9.17, 15) is 18.8 Å². The highest BCUT2D eigenvalue weighted by Crippen LogP contribution is 2.26. The molecule has 136 valence electrons. The number of rotatable bonds is 5. The average Bonchev–Trinajstić information content (AvgIpc) is 3.02. The fourth-order valence-corrected chi connectivity index (χ4v) is 3.13. The molecule has 0 radical (unpaired) electrons. The van der Waals surface area contributed by atoms with Gasteiger partial charge in [0.15, 0.2) is 0 Å².